The largest absolute Gasteiger partial charge is 0.481 e. The van der Waals surface area contributed by atoms with Gasteiger partial charge in [-0.2, -0.15) is 0 Å². The van der Waals surface area contributed by atoms with Crippen LogP contribution in [-0.2, 0) is 112 Å². The first kappa shape index (κ1) is 71.1. The first-order valence-corrected chi connectivity index (χ1v) is 26.5. The summed E-state index contributed by atoms with van der Waals surface area (Å²) < 4.78 is 9.73. The van der Waals surface area contributed by atoms with Crippen LogP contribution in [0.15, 0.2) is 121 Å². The summed E-state index contributed by atoms with van der Waals surface area (Å²) in [7, 11) is 0. The average Bonchev–Trinajstić information content (AvgIpc) is 3.31. The van der Waals surface area contributed by atoms with E-state index in [1.165, 1.54) is 0 Å². The molecule has 0 fully saturated rings. The molecule has 5 aromatic carbocycles. The van der Waals surface area contributed by atoms with Crippen LogP contribution < -0.4 is 11.1 Å². The normalized spacial score (nSPS) is 10.7. The number of benzene rings is 5. The number of carbonyl (C=O) groups excluding carboxylic acids is 3. The van der Waals surface area contributed by atoms with Gasteiger partial charge >= 0.3 is 41.8 Å². The summed E-state index contributed by atoms with van der Waals surface area (Å²) in [5, 5.41) is 55.5. The summed E-state index contributed by atoms with van der Waals surface area (Å²) in [6.45, 7) is 15.6. The summed E-state index contributed by atoms with van der Waals surface area (Å²) in [6, 6.07) is 36.2. The van der Waals surface area contributed by atoms with Gasteiger partial charge in [0.2, 0.25) is 5.91 Å². The maximum absolute atomic E-state index is 11.4. The van der Waals surface area contributed by atoms with Gasteiger partial charge in [0.25, 0.3) is 0 Å². The number of nitrogens with one attached hydrogen (secondary N) is 1. The number of carboxylic acids is 5. The van der Waals surface area contributed by atoms with Crippen molar-refractivity contribution >= 4 is 59.3 Å². The van der Waals surface area contributed by atoms with Gasteiger partial charge in [-0.1, -0.05) is 121 Å². The number of hydrogen-bond acceptors (Lipinski definition) is 12. The minimum Gasteiger partial charge on any atom is -0.481 e. The Morgan fingerprint density at radius 3 is 0.926 bits per heavy atom. The van der Waals surface area contributed by atoms with Crippen molar-refractivity contribution in [2.24, 2.45) is 5.73 Å². The van der Waals surface area contributed by atoms with Crippen molar-refractivity contribution in [2.45, 2.75) is 136 Å². The molecule has 5 aromatic rings. The van der Waals surface area contributed by atoms with Gasteiger partial charge < -0.3 is 51.2 Å². The number of amides is 1. The summed E-state index contributed by atoms with van der Waals surface area (Å²) in [6.07, 6.45) is 2.29. The molecule has 0 heterocycles. The van der Waals surface area contributed by atoms with E-state index < -0.39 is 41.0 Å². The molecule has 0 spiro atoms. The van der Waals surface area contributed by atoms with Crippen molar-refractivity contribution in [1.29, 1.82) is 0 Å². The molecule has 0 aromatic heterocycles. The SMILES string of the molecule is CC(C)(Cc1cccc(CC(=O)O)c1)NC(=O)CCl.CC(C)(O)Cc1cccc(CC(=O)O)c1.CCOC(=O)Cc1cccc(CC(=O)O)c1.CCOC(=O)Cc1cccc(CC(C)(C)N)c1.O=C(O)Cc1cccc(CC(=O)O)c1. The highest BCUT2D eigenvalue weighted by atomic mass is 35.5. The fraction of sp³-hybridized carbons (Fsp3) is 0.387. The van der Waals surface area contributed by atoms with Crippen LogP contribution in [0.5, 0.6) is 0 Å². The molecule has 81 heavy (non-hydrogen) atoms. The van der Waals surface area contributed by atoms with E-state index in [9.17, 15) is 43.5 Å². The standard InChI is InChI=1S/C14H18ClNO3.C14H21NO2.C12H14O4.C12H16O3.C10H10O4/c1-14(2,16-12(17)9-15)8-11-5-3-4-10(6-11)7-13(18)19;1-4-17-13(16)9-11-6-5-7-12(8-11)10-14(2,3)15;1-2-16-12(15)8-10-5-3-4-9(6-10)7-11(13)14;1-12(2,15)8-10-5-3-4-9(6-10)7-11(13)14;11-9(12)5-7-2-1-3-8(4-7)6-10(13)14/h3-6H,7-9H2,1-2H3,(H,16,17)(H,18,19);5-8H,4,9-10,15H2,1-3H3;3-6H,2,7-8H2,1H3,(H,13,14);3-6,15H,7-8H2,1-2H3,(H,13,14);1-4H,5-6H2,(H,11,12)(H,13,14). The minimum absolute atomic E-state index is 0.00229. The van der Waals surface area contributed by atoms with E-state index in [0.717, 1.165) is 45.4 Å². The van der Waals surface area contributed by atoms with E-state index in [-0.39, 0.29) is 67.8 Å². The molecule has 0 aliphatic carbocycles. The highest BCUT2D eigenvalue weighted by Crippen LogP contribution is 2.17. The quantitative estimate of drug-likeness (QED) is 0.0214. The highest BCUT2D eigenvalue weighted by Gasteiger charge is 2.21. The predicted octanol–water partition coefficient (Wildman–Crippen LogP) is 8.05. The number of aliphatic hydroxyl groups is 1. The van der Waals surface area contributed by atoms with Crippen molar-refractivity contribution in [3.8, 4) is 0 Å². The third kappa shape index (κ3) is 36.8. The number of aliphatic carboxylic acids is 5. The Hall–Kier alpha value is -7.93. The van der Waals surface area contributed by atoms with Crippen molar-refractivity contribution in [3.63, 3.8) is 0 Å². The van der Waals surface area contributed by atoms with Gasteiger partial charge in [-0.3, -0.25) is 38.4 Å². The van der Waals surface area contributed by atoms with Gasteiger partial charge in [0.15, 0.2) is 0 Å². The average molecular weight is 1140 g/mol. The molecule has 440 valence electrons. The lowest BCUT2D eigenvalue weighted by Gasteiger charge is -2.26. The first-order chi connectivity index (χ1) is 37.8. The number of halogens is 1. The number of carbonyl (C=O) groups is 8. The smallest absolute Gasteiger partial charge is 0.310 e. The molecule has 0 unspecified atom stereocenters. The molecule has 0 saturated heterocycles. The molecular formula is C62H79ClN2O16. The number of ether oxygens (including phenoxy) is 2. The lowest BCUT2D eigenvalue weighted by atomic mass is 9.93. The van der Waals surface area contributed by atoms with Crippen LogP contribution in [0, 0.1) is 0 Å². The van der Waals surface area contributed by atoms with Crippen LogP contribution in [0.2, 0.25) is 0 Å². The Bertz CT molecular complexity index is 2800. The Morgan fingerprint density at radius 2 is 0.679 bits per heavy atom. The Labute approximate surface area is 479 Å². The van der Waals surface area contributed by atoms with Crippen LogP contribution in [0.3, 0.4) is 0 Å². The fourth-order valence-corrected chi connectivity index (χ4v) is 7.94. The first-order valence-electron chi connectivity index (χ1n) is 26.0. The number of alkyl halides is 1. The van der Waals surface area contributed by atoms with Crippen LogP contribution >= 0.6 is 11.6 Å². The summed E-state index contributed by atoms with van der Waals surface area (Å²) >= 11 is 5.47. The monoisotopic (exact) mass is 1140 g/mol. The lowest BCUT2D eigenvalue weighted by molar-refractivity contribution is -0.143. The molecule has 0 saturated carbocycles. The van der Waals surface area contributed by atoms with Crippen LogP contribution in [0.1, 0.15) is 111 Å². The maximum Gasteiger partial charge on any atom is 0.310 e. The van der Waals surface area contributed by atoms with Gasteiger partial charge in [-0.25, -0.2) is 0 Å². The van der Waals surface area contributed by atoms with Gasteiger partial charge in [-0.05, 0) is 124 Å². The van der Waals surface area contributed by atoms with Crippen LogP contribution in [0.25, 0.3) is 0 Å². The van der Waals surface area contributed by atoms with Crippen LogP contribution in [-0.4, -0.2) is 114 Å². The molecule has 19 heteroatoms. The molecule has 0 radical (unpaired) electrons. The number of hydrogen-bond donors (Lipinski definition) is 8. The van der Waals surface area contributed by atoms with E-state index in [4.69, 9.17) is 52.3 Å². The number of nitrogens with two attached hydrogens (primary N) is 1. The molecule has 1 amide bonds. The van der Waals surface area contributed by atoms with E-state index >= 15 is 0 Å². The second-order valence-electron chi connectivity index (χ2n) is 20.8. The molecule has 18 nitrogen and oxygen atoms in total. The van der Waals surface area contributed by atoms with E-state index in [2.05, 4.69) is 5.32 Å². The third-order valence-electron chi connectivity index (χ3n) is 10.6. The molecule has 0 atom stereocenters. The van der Waals surface area contributed by atoms with Crippen LogP contribution in [0.4, 0.5) is 0 Å². The molecule has 0 aliphatic heterocycles. The molecule has 9 N–H and O–H groups in total. The topological polar surface area (TPSA) is 314 Å². The number of carboxylic acid groups (broad SMARTS) is 5. The van der Waals surface area contributed by atoms with Gasteiger partial charge in [-0.15, -0.1) is 11.6 Å². The zero-order valence-electron chi connectivity index (χ0n) is 47.5. The van der Waals surface area contributed by atoms with Crippen molar-refractivity contribution < 1.29 is 78.5 Å². The maximum atomic E-state index is 11.4. The summed E-state index contributed by atoms with van der Waals surface area (Å²) in [5.41, 5.74) is 12.9. The van der Waals surface area contributed by atoms with Crippen molar-refractivity contribution in [1.82, 2.24) is 5.32 Å². The van der Waals surface area contributed by atoms with E-state index in [1.807, 2.05) is 95.3 Å². The molecule has 0 aliphatic rings. The number of rotatable bonds is 24. The third-order valence-corrected chi connectivity index (χ3v) is 10.8. The lowest BCUT2D eigenvalue weighted by Crippen LogP contribution is -2.45. The summed E-state index contributed by atoms with van der Waals surface area (Å²) in [4.78, 5) is 86.4. The molecule has 5 rings (SSSR count). The zero-order chi connectivity index (χ0) is 61.3. The highest BCUT2D eigenvalue weighted by molar-refractivity contribution is 6.27. The Balaban J connectivity index is 0.000000508. The Kier molecular flexibility index (Phi) is 31.9. The van der Waals surface area contributed by atoms with E-state index in [0.29, 0.717) is 49.2 Å². The Morgan fingerprint density at radius 1 is 0.432 bits per heavy atom. The van der Waals surface area contributed by atoms with Gasteiger partial charge in [0.05, 0.1) is 63.8 Å². The molecular weight excluding hydrogens is 1060 g/mol. The second kappa shape index (κ2) is 36.4. The van der Waals surface area contributed by atoms with Crippen molar-refractivity contribution in [3.05, 3.63) is 177 Å². The fourth-order valence-electron chi connectivity index (χ4n) is 7.87. The van der Waals surface area contributed by atoms with E-state index in [1.54, 1.807) is 81.4 Å². The summed E-state index contributed by atoms with van der Waals surface area (Å²) in [5.74, 6) is -5.17. The van der Waals surface area contributed by atoms with Gasteiger partial charge in [0, 0.05) is 17.5 Å². The predicted molar refractivity (Wildman–Crippen MR) is 308 cm³/mol. The molecule has 0 bridgehead atoms. The second-order valence-corrected chi connectivity index (χ2v) is 21.1. The zero-order valence-corrected chi connectivity index (χ0v) is 48.2. The minimum atomic E-state index is -0.919. The number of esters is 2. The van der Waals surface area contributed by atoms with Gasteiger partial charge in [0.1, 0.15) is 5.88 Å². The van der Waals surface area contributed by atoms with Crippen molar-refractivity contribution in [2.75, 3.05) is 19.1 Å².